The van der Waals surface area contributed by atoms with Crippen molar-refractivity contribution in [1.29, 1.82) is 5.41 Å². The number of oxime groups is 1. The fraction of sp³-hybridized carbons (Fsp3) is 0.350. The van der Waals surface area contributed by atoms with Gasteiger partial charge in [0.2, 0.25) is 0 Å². The zero-order valence-corrected chi connectivity index (χ0v) is 16.8. The van der Waals surface area contributed by atoms with Crippen molar-refractivity contribution in [3.05, 3.63) is 59.2 Å². The maximum Gasteiger partial charge on any atom is 0.253 e. The average Bonchev–Trinajstić information content (AvgIpc) is 2.63. The largest absolute Gasteiger partial charge is 0.399 e. The molecule has 0 aliphatic heterocycles. The second-order valence-electron chi connectivity index (χ2n) is 6.10. The minimum atomic E-state index is -0.252. The second kappa shape index (κ2) is 11.3. The van der Waals surface area contributed by atoms with Gasteiger partial charge in [-0.3, -0.25) is 4.79 Å². The Kier molecular flexibility index (Phi) is 9.47. The van der Waals surface area contributed by atoms with Crippen LogP contribution in [0.1, 0.15) is 24.8 Å². The van der Waals surface area contributed by atoms with E-state index in [1.807, 2.05) is 18.2 Å². The van der Waals surface area contributed by atoms with Crippen molar-refractivity contribution in [3.63, 3.8) is 0 Å². The molecule has 0 heterocycles. The minimum Gasteiger partial charge on any atom is -0.399 e. The molecular weight excluding hydrogens is 364 g/mol. The third-order valence-electron chi connectivity index (χ3n) is 3.90. The Morgan fingerprint density at radius 3 is 2.74 bits per heavy atom. The Hall–Kier alpha value is -2.44. The van der Waals surface area contributed by atoms with Crippen LogP contribution in [0.25, 0.3) is 0 Å². The van der Waals surface area contributed by atoms with E-state index in [1.165, 1.54) is 24.2 Å². The summed E-state index contributed by atoms with van der Waals surface area (Å²) in [6.07, 6.45) is 3.56. The smallest absolute Gasteiger partial charge is 0.253 e. The Morgan fingerprint density at radius 1 is 1.52 bits per heavy atom. The number of halogens is 1. The standard InChI is InChI=1S/C20H27ClN4O2/c1-5-15(11-14(2)23)20(26)25(3)13-19(24-27-4)18(9-10-22)16-7-6-8-17(21)12-16/h5-8,11-12,18,23H,1,9-10,13,22H2,2-4H3/b15-11+,23-14?,24-19+. The number of nitrogens with one attached hydrogen (secondary N) is 1. The summed E-state index contributed by atoms with van der Waals surface area (Å²) in [5, 5.41) is 12.3. The number of likely N-dealkylation sites (N-methyl/N-ethyl adjacent to an activating group) is 1. The molecule has 0 aliphatic carbocycles. The quantitative estimate of drug-likeness (QED) is 0.277. The van der Waals surface area contributed by atoms with Crippen LogP contribution in [0.5, 0.6) is 0 Å². The highest BCUT2D eigenvalue weighted by Crippen LogP contribution is 2.25. The van der Waals surface area contributed by atoms with Crippen LogP contribution >= 0.6 is 11.6 Å². The summed E-state index contributed by atoms with van der Waals surface area (Å²) in [7, 11) is 3.13. The van der Waals surface area contributed by atoms with E-state index in [-0.39, 0.29) is 24.1 Å². The number of nitrogens with two attached hydrogens (primary N) is 1. The van der Waals surface area contributed by atoms with E-state index in [4.69, 9.17) is 27.6 Å². The van der Waals surface area contributed by atoms with Crippen LogP contribution in [0, 0.1) is 5.41 Å². The predicted molar refractivity (Wildman–Crippen MR) is 112 cm³/mol. The maximum absolute atomic E-state index is 12.7. The fourth-order valence-electron chi connectivity index (χ4n) is 2.71. The molecule has 1 unspecified atom stereocenters. The van der Waals surface area contributed by atoms with E-state index in [0.717, 1.165) is 5.56 Å². The monoisotopic (exact) mass is 390 g/mol. The van der Waals surface area contributed by atoms with Crippen LogP contribution in [0.2, 0.25) is 5.02 Å². The van der Waals surface area contributed by atoms with Gasteiger partial charge in [0.1, 0.15) is 7.11 Å². The summed E-state index contributed by atoms with van der Waals surface area (Å²) < 4.78 is 0. The second-order valence-corrected chi connectivity index (χ2v) is 6.53. The molecule has 1 aromatic rings. The van der Waals surface area contributed by atoms with E-state index in [0.29, 0.717) is 29.3 Å². The molecule has 6 nitrogen and oxygen atoms in total. The molecule has 7 heteroatoms. The molecule has 0 spiro atoms. The summed E-state index contributed by atoms with van der Waals surface area (Å²) in [6.45, 7) is 5.95. The molecule has 0 saturated heterocycles. The van der Waals surface area contributed by atoms with Gasteiger partial charge < -0.3 is 20.9 Å². The van der Waals surface area contributed by atoms with Crippen LogP contribution in [-0.4, -0.2) is 49.5 Å². The number of nitrogens with zero attached hydrogens (tertiary/aromatic N) is 2. The van der Waals surface area contributed by atoms with Crippen molar-refractivity contribution in [2.45, 2.75) is 19.3 Å². The minimum absolute atomic E-state index is 0.135. The van der Waals surface area contributed by atoms with Crippen molar-refractivity contribution in [1.82, 2.24) is 4.90 Å². The first-order chi connectivity index (χ1) is 12.8. The van der Waals surface area contributed by atoms with Crippen molar-refractivity contribution in [3.8, 4) is 0 Å². The SMILES string of the molecule is C=C/C(=C\C(C)=N)C(=O)N(C)C/C(=N\OC)C(CCN)c1cccc(Cl)c1. The molecule has 1 rings (SSSR count). The van der Waals surface area contributed by atoms with Gasteiger partial charge in [-0.25, -0.2) is 0 Å². The van der Waals surface area contributed by atoms with Gasteiger partial charge in [0.15, 0.2) is 0 Å². The molecule has 3 N–H and O–H groups in total. The van der Waals surface area contributed by atoms with Gasteiger partial charge in [-0.05, 0) is 43.7 Å². The van der Waals surface area contributed by atoms with E-state index in [9.17, 15) is 4.79 Å². The molecular formula is C20H27ClN4O2. The number of rotatable bonds is 10. The molecule has 1 aromatic carbocycles. The molecule has 0 saturated carbocycles. The molecule has 1 atom stereocenters. The molecule has 0 aliphatic rings. The number of benzene rings is 1. The molecule has 0 radical (unpaired) electrons. The van der Waals surface area contributed by atoms with Crippen molar-refractivity contribution in [2.24, 2.45) is 10.9 Å². The molecule has 0 bridgehead atoms. The van der Waals surface area contributed by atoms with Gasteiger partial charge in [-0.2, -0.15) is 0 Å². The van der Waals surface area contributed by atoms with E-state index >= 15 is 0 Å². The van der Waals surface area contributed by atoms with Crippen LogP contribution in [0.4, 0.5) is 0 Å². The van der Waals surface area contributed by atoms with Crippen LogP contribution in [0.15, 0.2) is 53.7 Å². The highest BCUT2D eigenvalue weighted by Gasteiger charge is 2.23. The van der Waals surface area contributed by atoms with Gasteiger partial charge in [-0.15, -0.1) is 0 Å². The van der Waals surface area contributed by atoms with Crippen molar-refractivity contribution in [2.75, 3.05) is 27.2 Å². The molecule has 0 fully saturated rings. The third kappa shape index (κ3) is 7.00. The summed E-state index contributed by atoms with van der Waals surface area (Å²) >= 11 is 6.13. The molecule has 146 valence electrons. The van der Waals surface area contributed by atoms with Crippen LogP contribution in [0.3, 0.4) is 0 Å². The highest BCUT2D eigenvalue weighted by atomic mass is 35.5. The summed E-state index contributed by atoms with van der Waals surface area (Å²) in [6, 6.07) is 7.48. The molecule has 1 amide bonds. The first kappa shape index (κ1) is 22.6. The zero-order chi connectivity index (χ0) is 20.4. The van der Waals surface area contributed by atoms with Gasteiger partial charge >= 0.3 is 0 Å². The van der Waals surface area contributed by atoms with Gasteiger partial charge in [0, 0.05) is 29.3 Å². The Labute approximate surface area is 165 Å². The first-order valence-electron chi connectivity index (χ1n) is 8.54. The lowest BCUT2D eigenvalue weighted by atomic mass is 9.90. The first-order valence-corrected chi connectivity index (χ1v) is 8.92. The lowest BCUT2D eigenvalue weighted by Crippen LogP contribution is -2.35. The third-order valence-corrected chi connectivity index (χ3v) is 4.14. The van der Waals surface area contributed by atoms with Gasteiger partial charge in [0.05, 0.1) is 12.3 Å². The van der Waals surface area contributed by atoms with Crippen molar-refractivity contribution >= 4 is 28.9 Å². The summed E-state index contributed by atoms with van der Waals surface area (Å²) in [4.78, 5) is 19.2. The number of hydrogen-bond donors (Lipinski definition) is 2. The number of amides is 1. The van der Waals surface area contributed by atoms with Gasteiger partial charge in [-0.1, -0.05) is 41.5 Å². The zero-order valence-electron chi connectivity index (χ0n) is 16.0. The van der Waals surface area contributed by atoms with E-state index in [2.05, 4.69) is 11.7 Å². The molecule has 27 heavy (non-hydrogen) atoms. The number of hydrogen-bond acceptors (Lipinski definition) is 5. The normalized spacial score (nSPS) is 13.1. The Morgan fingerprint density at radius 2 is 2.22 bits per heavy atom. The molecule has 0 aromatic heterocycles. The average molecular weight is 391 g/mol. The van der Waals surface area contributed by atoms with E-state index < -0.39 is 0 Å². The Bertz CT molecular complexity index is 743. The lowest BCUT2D eigenvalue weighted by Gasteiger charge is -2.24. The highest BCUT2D eigenvalue weighted by molar-refractivity contribution is 6.30. The number of carbonyl (C=O) groups is 1. The Balaban J connectivity index is 3.15. The van der Waals surface area contributed by atoms with E-state index in [1.54, 1.807) is 20.0 Å². The maximum atomic E-state index is 12.7. The lowest BCUT2D eigenvalue weighted by molar-refractivity contribution is -0.124. The van der Waals surface area contributed by atoms with Crippen LogP contribution < -0.4 is 5.73 Å². The number of allylic oxidation sites excluding steroid dienone is 1. The summed E-state index contributed by atoms with van der Waals surface area (Å²) in [5.41, 5.74) is 8.04. The van der Waals surface area contributed by atoms with Crippen molar-refractivity contribution < 1.29 is 9.63 Å². The fourth-order valence-corrected chi connectivity index (χ4v) is 2.91. The predicted octanol–water partition coefficient (Wildman–Crippen LogP) is 3.39. The summed E-state index contributed by atoms with van der Waals surface area (Å²) in [5.74, 6) is -0.387. The van der Waals surface area contributed by atoms with Crippen LogP contribution in [-0.2, 0) is 9.63 Å². The topological polar surface area (TPSA) is 91.8 Å². The van der Waals surface area contributed by atoms with Gasteiger partial charge in [0.25, 0.3) is 5.91 Å². The number of carbonyl (C=O) groups excluding carboxylic acids is 1.